The van der Waals surface area contributed by atoms with Crippen LogP contribution in [0.3, 0.4) is 0 Å². The molecule has 1 aliphatic rings. The van der Waals surface area contributed by atoms with Crippen LogP contribution in [0.2, 0.25) is 0 Å². The molecule has 1 radical (unpaired) electrons. The molecule has 0 aromatic heterocycles. The van der Waals surface area contributed by atoms with E-state index in [1.165, 1.54) is 38.5 Å². The first-order chi connectivity index (χ1) is 5.00. The van der Waals surface area contributed by atoms with Gasteiger partial charge in [0.1, 0.15) is 0 Å². The quantitative estimate of drug-likeness (QED) is 0.387. The van der Waals surface area contributed by atoms with Gasteiger partial charge in [0.2, 0.25) is 0 Å². The van der Waals surface area contributed by atoms with Crippen LogP contribution < -0.4 is 0 Å². The molecule has 0 saturated heterocycles. The molecule has 0 heterocycles. The van der Waals surface area contributed by atoms with Crippen molar-refractivity contribution < 1.29 is 4.57 Å². The predicted octanol–water partition coefficient (Wildman–Crippen LogP) is 3.64. The van der Waals surface area contributed by atoms with Crippen molar-refractivity contribution in [2.45, 2.75) is 38.5 Å². The van der Waals surface area contributed by atoms with Gasteiger partial charge in [-0.25, -0.2) is 0 Å². The molecule has 1 rings (SSSR count). The van der Waals surface area contributed by atoms with Crippen LogP contribution in [0.25, 0.3) is 0 Å². The lowest BCUT2D eigenvalue weighted by Gasteiger charge is -2.00. The summed E-state index contributed by atoms with van der Waals surface area (Å²) in [5.74, 6) is 0. The Labute approximate surface area is 65.1 Å². The highest BCUT2D eigenvalue weighted by molar-refractivity contribution is 7.00. The molecule has 0 fully saturated rings. The smallest absolute Gasteiger partial charge is 0.261 e. The topological polar surface area (TPSA) is 17.1 Å². The second-order valence-corrected chi connectivity index (χ2v) is 2.46. The van der Waals surface area contributed by atoms with Gasteiger partial charge < -0.3 is 0 Å². The number of hydrogen-bond donors (Lipinski definition) is 0. The van der Waals surface area contributed by atoms with Crippen LogP contribution in [-0.2, 0) is 4.57 Å². The Kier molecular flexibility index (Phi) is 8.70. The maximum absolute atomic E-state index is 7.94. The van der Waals surface area contributed by atoms with E-state index in [0.29, 0.717) is 0 Å². The maximum atomic E-state index is 7.94. The zero-order valence-corrected chi connectivity index (χ0v) is 7.15. The summed E-state index contributed by atoms with van der Waals surface area (Å²) in [6, 6.07) is 0. The third kappa shape index (κ3) is 5.97. The fraction of sp³-hybridized carbons (Fsp3) is 0.750. The van der Waals surface area contributed by atoms with Crippen LogP contribution >= 0.6 is 9.12 Å². The van der Waals surface area contributed by atoms with Gasteiger partial charge in [-0.2, -0.15) is 0 Å². The Morgan fingerprint density at radius 3 is 1.60 bits per heavy atom. The molecular formula is C8H14OP. The third-order valence-electron chi connectivity index (χ3n) is 1.66. The first-order valence-corrected chi connectivity index (χ1v) is 4.20. The van der Waals surface area contributed by atoms with Crippen molar-refractivity contribution in [3.8, 4) is 0 Å². The molecule has 57 valence electrons. The van der Waals surface area contributed by atoms with E-state index < -0.39 is 0 Å². The van der Waals surface area contributed by atoms with Crippen molar-refractivity contribution in [1.82, 2.24) is 0 Å². The van der Waals surface area contributed by atoms with Crippen LogP contribution in [0.5, 0.6) is 0 Å². The van der Waals surface area contributed by atoms with Crippen molar-refractivity contribution >= 4 is 9.12 Å². The molecule has 2 heteroatoms. The number of hydrogen-bond acceptors (Lipinski definition) is 1. The maximum Gasteiger partial charge on any atom is 0.261 e. The summed E-state index contributed by atoms with van der Waals surface area (Å²) in [5, 5.41) is 0. The van der Waals surface area contributed by atoms with Crippen molar-refractivity contribution in [3.05, 3.63) is 12.2 Å². The van der Waals surface area contributed by atoms with E-state index in [9.17, 15) is 0 Å². The van der Waals surface area contributed by atoms with E-state index in [0.717, 1.165) is 0 Å². The first-order valence-electron chi connectivity index (χ1n) is 3.83. The first kappa shape index (κ1) is 9.84. The lowest BCUT2D eigenvalue weighted by molar-refractivity contribution is 0.607. The summed E-state index contributed by atoms with van der Waals surface area (Å²) in [6.07, 6.45) is 13.0. The van der Waals surface area contributed by atoms with Crippen LogP contribution in [0.4, 0.5) is 0 Å². The molecule has 0 atom stereocenters. The molecular weight excluding hydrogens is 143 g/mol. The lowest BCUT2D eigenvalue weighted by Crippen LogP contribution is -1.80. The van der Waals surface area contributed by atoms with Gasteiger partial charge in [0.15, 0.2) is 0 Å². The van der Waals surface area contributed by atoms with Gasteiger partial charge in [0.05, 0.1) is 0 Å². The normalized spacial score (nSPS) is 18.0. The van der Waals surface area contributed by atoms with Gasteiger partial charge in [0, 0.05) is 0 Å². The Hall–Kier alpha value is -0.160. The van der Waals surface area contributed by atoms with E-state index >= 15 is 0 Å². The Bertz CT molecular complexity index is 81.3. The van der Waals surface area contributed by atoms with Crippen LogP contribution in [0.15, 0.2) is 12.2 Å². The van der Waals surface area contributed by atoms with Gasteiger partial charge in [-0.3, -0.25) is 4.57 Å². The van der Waals surface area contributed by atoms with Gasteiger partial charge in [0.25, 0.3) is 9.12 Å². The van der Waals surface area contributed by atoms with Gasteiger partial charge in [-0.15, -0.1) is 0 Å². The predicted molar refractivity (Wildman–Crippen MR) is 44.4 cm³/mol. The van der Waals surface area contributed by atoms with Gasteiger partial charge >= 0.3 is 0 Å². The molecule has 0 aliphatic heterocycles. The monoisotopic (exact) mass is 157 g/mol. The Morgan fingerprint density at radius 1 is 0.800 bits per heavy atom. The van der Waals surface area contributed by atoms with Crippen molar-refractivity contribution in [3.63, 3.8) is 0 Å². The minimum absolute atomic E-state index is 1.32. The molecule has 0 unspecified atom stereocenters. The van der Waals surface area contributed by atoms with Gasteiger partial charge in [-0.1, -0.05) is 25.0 Å². The molecule has 0 aromatic rings. The third-order valence-corrected chi connectivity index (χ3v) is 1.66. The average Bonchev–Trinajstić information content (AvgIpc) is 1.90. The van der Waals surface area contributed by atoms with E-state index in [1.807, 2.05) is 0 Å². The minimum Gasteiger partial charge on any atom is -0.261 e. The van der Waals surface area contributed by atoms with E-state index in [2.05, 4.69) is 21.3 Å². The highest BCUT2D eigenvalue weighted by atomic mass is 31.0. The summed E-state index contributed by atoms with van der Waals surface area (Å²) in [7, 11) is 2.28. The highest BCUT2D eigenvalue weighted by Gasteiger charge is 1.89. The summed E-state index contributed by atoms with van der Waals surface area (Å²) in [4.78, 5) is 0. The summed E-state index contributed by atoms with van der Waals surface area (Å²) in [5.41, 5.74) is 0. The second kappa shape index (κ2) is 8.84. The molecule has 0 bridgehead atoms. The molecule has 0 spiro atoms. The SMILES string of the molecule is C1=CCCCCCC1.O=[P]. The van der Waals surface area contributed by atoms with E-state index in [4.69, 9.17) is 4.57 Å². The van der Waals surface area contributed by atoms with Crippen LogP contribution in [0.1, 0.15) is 38.5 Å². The minimum atomic E-state index is 1.32. The molecule has 1 nitrogen and oxygen atoms in total. The molecule has 1 aliphatic carbocycles. The average molecular weight is 157 g/mol. The van der Waals surface area contributed by atoms with E-state index in [1.54, 1.807) is 0 Å². The highest BCUT2D eigenvalue weighted by Crippen LogP contribution is 2.09. The lowest BCUT2D eigenvalue weighted by atomic mass is 10.1. The van der Waals surface area contributed by atoms with Gasteiger partial charge in [-0.05, 0) is 25.7 Å². The fourth-order valence-corrected chi connectivity index (χ4v) is 1.11. The second-order valence-electron chi connectivity index (χ2n) is 2.46. The van der Waals surface area contributed by atoms with E-state index in [-0.39, 0.29) is 0 Å². The van der Waals surface area contributed by atoms with Crippen molar-refractivity contribution in [2.75, 3.05) is 0 Å². The molecule has 0 amide bonds. The molecule has 0 N–H and O–H groups in total. The zero-order chi connectivity index (χ0) is 7.66. The van der Waals surface area contributed by atoms with Crippen LogP contribution in [-0.4, -0.2) is 0 Å². The zero-order valence-electron chi connectivity index (χ0n) is 6.25. The summed E-state index contributed by atoms with van der Waals surface area (Å²) >= 11 is 0. The Morgan fingerprint density at radius 2 is 1.20 bits per heavy atom. The summed E-state index contributed by atoms with van der Waals surface area (Å²) in [6.45, 7) is 0. The van der Waals surface area contributed by atoms with Crippen molar-refractivity contribution in [1.29, 1.82) is 0 Å². The largest absolute Gasteiger partial charge is 0.261 e. The molecule has 0 saturated carbocycles. The molecule has 0 aromatic carbocycles. The summed E-state index contributed by atoms with van der Waals surface area (Å²) < 4.78 is 7.94. The number of rotatable bonds is 0. The Balaban J connectivity index is 0.000000371. The standard InChI is InChI=1S/C8H14.OP/c1-2-4-6-8-7-5-3-1;1-2/h1-2H,3-8H2;. The van der Waals surface area contributed by atoms with Crippen molar-refractivity contribution in [2.24, 2.45) is 0 Å². The van der Waals surface area contributed by atoms with Crippen LogP contribution in [0, 0.1) is 0 Å². The number of allylic oxidation sites excluding steroid dienone is 2. The molecule has 10 heavy (non-hydrogen) atoms. The fourth-order valence-electron chi connectivity index (χ4n) is 1.11.